The minimum absolute atomic E-state index is 0.754. The molecule has 0 unspecified atom stereocenters. The molecule has 0 N–H and O–H groups in total. The molecule has 0 atom stereocenters. The first-order valence-corrected chi connectivity index (χ1v) is 6.26. The molecule has 0 saturated heterocycles. The van der Waals surface area contributed by atoms with Gasteiger partial charge in [0.1, 0.15) is 6.20 Å². The molecule has 1 aromatic rings. The number of unbranched alkanes of at least 4 members (excludes halogenated alkanes) is 2. The number of rotatable bonds is 5. The predicted octanol–water partition coefficient (Wildman–Crippen LogP) is 3.51. The van der Waals surface area contributed by atoms with Crippen LogP contribution in [0.4, 0.5) is 0 Å². The molecule has 77 valence electrons. The van der Waals surface area contributed by atoms with Crippen molar-refractivity contribution in [1.82, 2.24) is 9.78 Å². The van der Waals surface area contributed by atoms with Crippen LogP contribution in [0.2, 0.25) is 0 Å². The van der Waals surface area contributed by atoms with Crippen molar-refractivity contribution in [3.63, 3.8) is 0 Å². The first-order valence-electron chi connectivity index (χ1n) is 5.46. The van der Waals surface area contributed by atoms with Crippen molar-refractivity contribution < 1.29 is 0 Å². The maximum absolute atomic E-state index is 4.29. The first kappa shape index (κ1) is 10.2. The Kier molecular flexibility index (Phi) is 3.26. The van der Waals surface area contributed by atoms with E-state index in [0.29, 0.717) is 0 Å². The Labute approximate surface area is 93.8 Å². The normalized spacial score (nSPS) is 16.1. The van der Waals surface area contributed by atoms with Gasteiger partial charge in [-0.1, -0.05) is 19.8 Å². The van der Waals surface area contributed by atoms with E-state index >= 15 is 0 Å². The Hall–Kier alpha value is -0.310. The summed E-state index contributed by atoms with van der Waals surface area (Å²) in [7, 11) is 0. The molecule has 1 aliphatic rings. The van der Waals surface area contributed by atoms with Crippen LogP contribution in [0, 0.1) is 6.20 Å². The van der Waals surface area contributed by atoms with Gasteiger partial charge in [0.05, 0.1) is 10.2 Å². The fraction of sp³-hybridized carbons (Fsp3) is 0.727. The van der Waals surface area contributed by atoms with Crippen molar-refractivity contribution >= 4 is 15.9 Å². The van der Waals surface area contributed by atoms with Crippen LogP contribution in [-0.2, 0) is 6.54 Å². The SMILES string of the molecule is CCCCCn1n[c]c(Br)c1C1CC1. The highest BCUT2D eigenvalue weighted by Crippen LogP contribution is 2.43. The quantitative estimate of drug-likeness (QED) is 0.737. The molecular formula is C11H16BrN2. The monoisotopic (exact) mass is 255 g/mol. The van der Waals surface area contributed by atoms with Crippen LogP contribution >= 0.6 is 15.9 Å². The lowest BCUT2D eigenvalue weighted by Gasteiger charge is -2.06. The van der Waals surface area contributed by atoms with E-state index in [9.17, 15) is 0 Å². The molecule has 1 saturated carbocycles. The molecule has 2 rings (SSSR count). The maximum atomic E-state index is 4.29. The van der Waals surface area contributed by atoms with Crippen LogP contribution in [0.25, 0.3) is 0 Å². The van der Waals surface area contributed by atoms with E-state index in [4.69, 9.17) is 0 Å². The van der Waals surface area contributed by atoms with Crippen molar-refractivity contribution in [3.05, 3.63) is 16.4 Å². The van der Waals surface area contributed by atoms with Gasteiger partial charge in [-0.05, 0) is 35.2 Å². The number of halogens is 1. The van der Waals surface area contributed by atoms with Gasteiger partial charge in [-0.15, -0.1) is 0 Å². The molecule has 2 nitrogen and oxygen atoms in total. The Bertz CT molecular complexity index is 302. The van der Waals surface area contributed by atoms with Crippen LogP contribution in [0.15, 0.2) is 4.47 Å². The number of hydrogen-bond donors (Lipinski definition) is 0. The molecule has 0 amide bonds. The first-order chi connectivity index (χ1) is 6.83. The summed E-state index contributed by atoms with van der Waals surface area (Å²) in [4.78, 5) is 0. The molecule has 0 aromatic carbocycles. The summed E-state index contributed by atoms with van der Waals surface area (Å²) in [6.07, 6.45) is 9.46. The van der Waals surface area contributed by atoms with Crippen molar-refractivity contribution in [2.45, 2.75) is 51.5 Å². The number of aromatic nitrogens is 2. The molecule has 0 aliphatic heterocycles. The van der Waals surface area contributed by atoms with E-state index in [1.165, 1.54) is 37.8 Å². The molecule has 0 bridgehead atoms. The lowest BCUT2D eigenvalue weighted by Crippen LogP contribution is -2.04. The standard InChI is InChI=1S/C11H16BrN2/c1-2-3-4-7-14-11(9-5-6-9)10(12)8-13-14/h9H,2-7H2,1H3. The van der Waals surface area contributed by atoms with E-state index in [-0.39, 0.29) is 0 Å². The van der Waals surface area contributed by atoms with Crippen LogP contribution in [0.1, 0.15) is 50.6 Å². The van der Waals surface area contributed by atoms with E-state index in [2.05, 4.69) is 38.8 Å². The second-order valence-electron chi connectivity index (χ2n) is 4.02. The summed E-state index contributed by atoms with van der Waals surface area (Å²) < 4.78 is 3.22. The summed E-state index contributed by atoms with van der Waals surface area (Å²) in [6, 6.07) is 0. The average molecular weight is 256 g/mol. The van der Waals surface area contributed by atoms with Crippen molar-refractivity contribution in [2.24, 2.45) is 0 Å². The summed E-state index contributed by atoms with van der Waals surface area (Å²) in [5.41, 5.74) is 1.38. The van der Waals surface area contributed by atoms with Crippen molar-refractivity contribution in [2.75, 3.05) is 0 Å². The lowest BCUT2D eigenvalue weighted by atomic mass is 10.2. The highest BCUT2D eigenvalue weighted by molar-refractivity contribution is 9.10. The van der Waals surface area contributed by atoms with Crippen LogP contribution in [0.3, 0.4) is 0 Å². The Morgan fingerprint density at radius 1 is 1.50 bits per heavy atom. The molecule has 0 spiro atoms. The van der Waals surface area contributed by atoms with Crippen LogP contribution in [0.5, 0.6) is 0 Å². The zero-order chi connectivity index (χ0) is 9.97. The zero-order valence-electron chi connectivity index (χ0n) is 8.59. The Balaban J connectivity index is 2.01. The Morgan fingerprint density at radius 2 is 2.29 bits per heavy atom. The molecule has 1 aromatic heterocycles. The third-order valence-electron chi connectivity index (χ3n) is 2.71. The van der Waals surface area contributed by atoms with Gasteiger partial charge in [-0.3, -0.25) is 4.68 Å². The predicted molar refractivity (Wildman–Crippen MR) is 60.3 cm³/mol. The van der Waals surface area contributed by atoms with E-state index in [1.807, 2.05) is 0 Å². The molecule has 3 heteroatoms. The molecular weight excluding hydrogens is 240 g/mol. The minimum atomic E-state index is 0.754. The fourth-order valence-electron chi connectivity index (χ4n) is 1.76. The van der Waals surface area contributed by atoms with Gasteiger partial charge in [0, 0.05) is 12.5 Å². The van der Waals surface area contributed by atoms with E-state index in [0.717, 1.165) is 16.9 Å². The third-order valence-corrected chi connectivity index (χ3v) is 3.29. The van der Waals surface area contributed by atoms with Gasteiger partial charge in [0.15, 0.2) is 0 Å². The van der Waals surface area contributed by atoms with Gasteiger partial charge in [0.2, 0.25) is 0 Å². The topological polar surface area (TPSA) is 17.8 Å². The van der Waals surface area contributed by atoms with Crippen molar-refractivity contribution in [1.29, 1.82) is 0 Å². The summed E-state index contributed by atoms with van der Waals surface area (Å²) in [5.74, 6) is 0.754. The van der Waals surface area contributed by atoms with Gasteiger partial charge in [-0.2, -0.15) is 5.10 Å². The minimum Gasteiger partial charge on any atom is -0.267 e. The van der Waals surface area contributed by atoms with E-state index in [1.54, 1.807) is 0 Å². The number of hydrogen-bond acceptors (Lipinski definition) is 1. The lowest BCUT2D eigenvalue weighted by molar-refractivity contribution is 0.533. The third kappa shape index (κ3) is 2.19. The van der Waals surface area contributed by atoms with Gasteiger partial charge in [-0.25, -0.2) is 0 Å². The molecule has 1 heterocycles. The van der Waals surface area contributed by atoms with Gasteiger partial charge in [0.25, 0.3) is 0 Å². The summed E-state index contributed by atoms with van der Waals surface area (Å²) >= 11 is 3.53. The second-order valence-corrected chi connectivity index (χ2v) is 4.81. The molecule has 1 aliphatic carbocycles. The van der Waals surface area contributed by atoms with Crippen LogP contribution in [-0.4, -0.2) is 9.78 Å². The second kappa shape index (κ2) is 4.47. The van der Waals surface area contributed by atoms with Gasteiger partial charge < -0.3 is 0 Å². The Morgan fingerprint density at radius 3 is 2.93 bits per heavy atom. The largest absolute Gasteiger partial charge is 0.267 e. The highest BCUT2D eigenvalue weighted by atomic mass is 79.9. The van der Waals surface area contributed by atoms with E-state index < -0.39 is 0 Å². The van der Waals surface area contributed by atoms with Crippen molar-refractivity contribution in [3.8, 4) is 0 Å². The van der Waals surface area contributed by atoms with Crippen LogP contribution < -0.4 is 0 Å². The number of nitrogens with zero attached hydrogens (tertiary/aromatic N) is 2. The average Bonchev–Trinajstić information content (AvgIpc) is 2.93. The molecule has 1 fully saturated rings. The maximum Gasteiger partial charge on any atom is 0.128 e. The number of aryl methyl sites for hydroxylation is 1. The molecule has 14 heavy (non-hydrogen) atoms. The summed E-state index contributed by atoms with van der Waals surface area (Å²) in [5, 5.41) is 4.29. The fourth-order valence-corrected chi connectivity index (χ4v) is 2.37. The molecule has 1 radical (unpaired) electrons. The van der Waals surface area contributed by atoms with Gasteiger partial charge >= 0.3 is 0 Å². The zero-order valence-corrected chi connectivity index (χ0v) is 10.2. The smallest absolute Gasteiger partial charge is 0.128 e. The summed E-state index contributed by atoms with van der Waals surface area (Å²) in [6.45, 7) is 3.29. The highest BCUT2D eigenvalue weighted by Gasteiger charge is 2.29.